The van der Waals surface area contributed by atoms with Crippen molar-refractivity contribution in [2.45, 2.75) is 71.4 Å². The summed E-state index contributed by atoms with van der Waals surface area (Å²) in [6.07, 6.45) is 8.05. The van der Waals surface area contributed by atoms with Crippen LogP contribution in [0.1, 0.15) is 70.2 Å². The van der Waals surface area contributed by atoms with Crippen LogP contribution in [0.5, 0.6) is 0 Å². The van der Waals surface area contributed by atoms with Crippen molar-refractivity contribution >= 4 is 5.91 Å². The van der Waals surface area contributed by atoms with Crippen LogP contribution in [0.25, 0.3) is 0 Å². The predicted octanol–water partition coefficient (Wildman–Crippen LogP) is 5.16. The Kier molecular flexibility index (Phi) is 8.03. The van der Waals surface area contributed by atoms with Crippen LogP contribution < -0.4 is 5.32 Å². The summed E-state index contributed by atoms with van der Waals surface area (Å²) in [7, 11) is 0. The molecule has 2 atom stereocenters. The molecule has 1 N–H and O–H groups in total. The molecule has 4 heteroatoms. The molecule has 1 saturated heterocycles. The van der Waals surface area contributed by atoms with Crippen LogP contribution in [0.3, 0.4) is 0 Å². The van der Waals surface area contributed by atoms with E-state index >= 15 is 0 Å². The second kappa shape index (κ2) is 10.7. The molecule has 1 aromatic heterocycles. The van der Waals surface area contributed by atoms with Crippen LogP contribution in [-0.4, -0.2) is 34.9 Å². The lowest BCUT2D eigenvalue weighted by atomic mass is 9.90. The Labute approximate surface area is 182 Å². The quantitative estimate of drug-likeness (QED) is 0.657. The zero-order valence-corrected chi connectivity index (χ0v) is 18.8. The van der Waals surface area contributed by atoms with Crippen molar-refractivity contribution in [1.29, 1.82) is 0 Å². The van der Waals surface area contributed by atoms with E-state index < -0.39 is 0 Å². The highest BCUT2D eigenvalue weighted by atomic mass is 16.1. The number of benzene rings is 1. The van der Waals surface area contributed by atoms with Gasteiger partial charge in [0.2, 0.25) is 5.91 Å². The van der Waals surface area contributed by atoms with Gasteiger partial charge in [0.1, 0.15) is 0 Å². The highest BCUT2D eigenvalue weighted by Gasteiger charge is 2.28. The van der Waals surface area contributed by atoms with Gasteiger partial charge in [0.25, 0.3) is 0 Å². The van der Waals surface area contributed by atoms with Crippen molar-refractivity contribution in [3.8, 4) is 0 Å². The van der Waals surface area contributed by atoms with Crippen LogP contribution >= 0.6 is 0 Å². The first-order valence-electron chi connectivity index (χ1n) is 11.4. The van der Waals surface area contributed by atoms with Crippen molar-refractivity contribution in [3.63, 3.8) is 0 Å². The molecule has 0 radical (unpaired) electrons. The molecule has 0 saturated carbocycles. The summed E-state index contributed by atoms with van der Waals surface area (Å²) in [6.45, 7) is 8.53. The number of piperidine rings is 1. The standard InChI is InChI=1S/C26H37N3O/c1-26(2,3)20-25(30)28-24(23-14-7-9-16-27-23)19-22-13-8-10-17-29(22)18-15-21-11-5-4-6-12-21/h4-7,9,11-12,14,16,22,24H,8,10,13,15,17-20H2,1-3H3,(H,28,30)/t22-,24-/m1/s1. The number of aromatic nitrogens is 1. The first-order valence-corrected chi connectivity index (χ1v) is 11.4. The second-order valence-electron chi connectivity index (χ2n) is 9.77. The molecule has 0 aliphatic carbocycles. The van der Waals surface area contributed by atoms with Gasteiger partial charge in [-0.2, -0.15) is 0 Å². The third-order valence-electron chi connectivity index (χ3n) is 5.86. The minimum atomic E-state index is -0.0385. The minimum absolute atomic E-state index is 0.0225. The highest BCUT2D eigenvalue weighted by Crippen LogP contribution is 2.27. The number of nitrogens with zero attached hydrogens (tertiary/aromatic N) is 2. The maximum atomic E-state index is 12.7. The van der Waals surface area contributed by atoms with E-state index in [0.29, 0.717) is 12.5 Å². The van der Waals surface area contributed by atoms with Crippen molar-refractivity contribution in [3.05, 3.63) is 66.0 Å². The summed E-state index contributed by atoms with van der Waals surface area (Å²) in [5.41, 5.74) is 2.33. The van der Waals surface area contributed by atoms with Gasteiger partial charge in [0.15, 0.2) is 0 Å². The number of hydrogen-bond acceptors (Lipinski definition) is 3. The molecule has 2 heterocycles. The maximum Gasteiger partial charge on any atom is 0.221 e. The molecule has 162 valence electrons. The molecular weight excluding hydrogens is 370 g/mol. The molecule has 3 rings (SSSR count). The smallest absolute Gasteiger partial charge is 0.221 e. The number of amides is 1. The Morgan fingerprint density at radius 2 is 1.90 bits per heavy atom. The first kappa shape index (κ1) is 22.5. The van der Waals surface area contributed by atoms with Gasteiger partial charge in [0, 0.05) is 25.2 Å². The summed E-state index contributed by atoms with van der Waals surface area (Å²) in [5, 5.41) is 3.30. The average Bonchev–Trinajstić information content (AvgIpc) is 2.73. The fraction of sp³-hybridized carbons (Fsp3) is 0.538. The van der Waals surface area contributed by atoms with Crippen LogP contribution in [-0.2, 0) is 11.2 Å². The van der Waals surface area contributed by atoms with Crippen molar-refractivity contribution in [1.82, 2.24) is 15.2 Å². The van der Waals surface area contributed by atoms with E-state index in [1.54, 1.807) is 0 Å². The van der Waals surface area contributed by atoms with Gasteiger partial charge in [-0.3, -0.25) is 14.7 Å². The third kappa shape index (κ3) is 7.24. The number of rotatable bonds is 8. The molecule has 2 aromatic rings. The largest absolute Gasteiger partial charge is 0.348 e. The zero-order chi connectivity index (χ0) is 21.4. The number of hydrogen-bond donors (Lipinski definition) is 1. The van der Waals surface area contributed by atoms with E-state index in [0.717, 1.165) is 31.6 Å². The Balaban J connectivity index is 1.68. The Bertz CT molecular complexity index is 770. The molecule has 1 amide bonds. The van der Waals surface area contributed by atoms with Crippen molar-refractivity contribution < 1.29 is 4.79 Å². The van der Waals surface area contributed by atoms with Gasteiger partial charge in [-0.1, -0.05) is 63.6 Å². The van der Waals surface area contributed by atoms with Crippen molar-refractivity contribution in [2.24, 2.45) is 5.41 Å². The maximum absolute atomic E-state index is 12.7. The van der Waals surface area contributed by atoms with E-state index in [-0.39, 0.29) is 17.4 Å². The van der Waals surface area contributed by atoms with Crippen molar-refractivity contribution in [2.75, 3.05) is 13.1 Å². The lowest BCUT2D eigenvalue weighted by Crippen LogP contribution is -2.44. The van der Waals surface area contributed by atoms with Crippen LogP contribution in [0.15, 0.2) is 54.7 Å². The van der Waals surface area contributed by atoms with Gasteiger partial charge in [-0.25, -0.2) is 0 Å². The highest BCUT2D eigenvalue weighted by molar-refractivity contribution is 5.77. The van der Waals surface area contributed by atoms with E-state index in [1.165, 1.54) is 24.8 Å². The lowest BCUT2D eigenvalue weighted by molar-refractivity contribution is -0.123. The Hall–Kier alpha value is -2.20. The number of nitrogens with one attached hydrogen (secondary N) is 1. The molecule has 1 aromatic carbocycles. The number of likely N-dealkylation sites (tertiary alicyclic amines) is 1. The zero-order valence-electron chi connectivity index (χ0n) is 18.8. The molecule has 0 unspecified atom stereocenters. The summed E-state index contributed by atoms with van der Waals surface area (Å²) >= 11 is 0. The third-order valence-corrected chi connectivity index (χ3v) is 5.86. The summed E-state index contributed by atoms with van der Waals surface area (Å²) in [6, 6.07) is 17.2. The average molecular weight is 408 g/mol. The van der Waals surface area contributed by atoms with Gasteiger partial charge in [-0.15, -0.1) is 0 Å². The fourth-order valence-corrected chi connectivity index (χ4v) is 4.37. The monoisotopic (exact) mass is 407 g/mol. The van der Waals surface area contributed by atoms with Crippen LogP contribution in [0, 0.1) is 5.41 Å². The Morgan fingerprint density at radius 3 is 2.60 bits per heavy atom. The van der Waals surface area contributed by atoms with Gasteiger partial charge in [0.05, 0.1) is 11.7 Å². The molecule has 1 fully saturated rings. The molecule has 0 bridgehead atoms. The fourth-order valence-electron chi connectivity index (χ4n) is 4.37. The lowest BCUT2D eigenvalue weighted by Gasteiger charge is -2.38. The summed E-state index contributed by atoms with van der Waals surface area (Å²) in [5.74, 6) is 0.116. The SMILES string of the molecule is CC(C)(C)CC(=O)N[C@H](C[C@H]1CCCCN1CCc1ccccc1)c1ccccn1. The van der Waals surface area contributed by atoms with Gasteiger partial charge >= 0.3 is 0 Å². The van der Waals surface area contributed by atoms with Gasteiger partial charge < -0.3 is 5.32 Å². The van der Waals surface area contributed by atoms with Crippen LogP contribution in [0.2, 0.25) is 0 Å². The number of carbonyl (C=O) groups excluding carboxylic acids is 1. The second-order valence-corrected chi connectivity index (χ2v) is 9.77. The van der Waals surface area contributed by atoms with E-state index in [2.05, 4.69) is 66.3 Å². The Morgan fingerprint density at radius 1 is 1.13 bits per heavy atom. The predicted molar refractivity (Wildman–Crippen MR) is 123 cm³/mol. The molecule has 0 spiro atoms. The van der Waals surface area contributed by atoms with E-state index in [1.807, 2.05) is 24.4 Å². The summed E-state index contributed by atoms with van der Waals surface area (Å²) < 4.78 is 0. The molecule has 1 aliphatic heterocycles. The van der Waals surface area contributed by atoms with E-state index in [4.69, 9.17) is 0 Å². The first-order chi connectivity index (χ1) is 14.4. The normalized spacial score (nSPS) is 18.7. The van der Waals surface area contributed by atoms with Crippen LogP contribution in [0.4, 0.5) is 0 Å². The van der Waals surface area contributed by atoms with E-state index in [9.17, 15) is 4.79 Å². The topological polar surface area (TPSA) is 45.2 Å². The molecular formula is C26H37N3O. The molecule has 30 heavy (non-hydrogen) atoms. The minimum Gasteiger partial charge on any atom is -0.348 e. The molecule has 1 aliphatic rings. The number of carbonyl (C=O) groups is 1. The number of pyridine rings is 1. The van der Waals surface area contributed by atoms with Gasteiger partial charge in [-0.05, 0) is 55.3 Å². The summed E-state index contributed by atoms with van der Waals surface area (Å²) in [4.78, 5) is 19.9. The molecule has 4 nitrogen and oxygen atoms in total.